The minimum absolute atomic E-state index is 0.113. The second-order valence-electron chi connectivity index (χ2n) is 6.95. The third-order valence-corrected chi connectivity index (χ3v) is 5.86. The molecule has 4 fully saturated rings. The van der Waals surface area contributed by atoms with Crippen LogP contribution in [-0.2, 0) is 0 Å². The number of hydrogen-bond donors (Lipinski definition) is 1. The normalized spacial score (nSPS) is 43.3. The first-order valence-electron chi connectivity index (χ1n) is 7.58. The standard InChI is InChI=1S/C16H23NO/c17-15(16-2-1-3-18-16)9-14-12-5-10-4-11(7-12)8-13(14)6-10/h1-3,10-15H,4-9,17H2. The molecule has 0 radical (unpaired) electrons. The van der Waals surface area contributed by atoms with E-state index in [-0.39, 0.29) is 6.04 Å². The predicted octanol–water partition coefficient (Wildman–Crippen LogP) is 3.74. The summed E-state index contributed by atoms with van der Waals surface area (Å²) in [5.74, 6) is 5.92. The Morgan fingerprint density at radius 1 is 1.11 bits per heavy atom. The fourth-order valence-electron chi connectivity index (χ4n) is 5.33. The molecule has 1 aromatic rings. The number of rotatable bonds is 3. The molecule has 1 aromatic heterocycles. The van der Waals surface area contributed by atoms with Crippen LogP contribution >= 0.6 is 0 Å². The van der Waals surface area contributed by atoms with Crippen LogP contribution in [-0.4, -0.2) is 0 Å². The maximum Gasteiger partial charge on any atom is 0.120 e. The summed E-state index contributed by atoms with van der Waals surface area (Å²) in [5, 5.41) is 0. The lowest BCUT2D eigenvalue weighted by Gasteiger charge is -2.55. The van der Waals surface area contributed by atoms with Crippen molar-refractivity contribution in [3.05, 3.63) is 24.2 Å². The molecule has 0 aromatic carbocycles. The number of hydrogen-bond acceptors (Lipinski definition) is 2. The van der Waals surface area contributed by atoms with Crippen LogP contribution in [0.25, 0.3) is 0 Å². The van der Waals surface area contributed by atoms with Crippen molar-refractivity contribution in [2.45, 2.75) is 44.6 Å². The van der Waals surface area contributed by atoms with Gasteiger partial charge in [-0.3, -0.25) is 0 Å². The van der Waals surface area contributed by atoms with Crippen molar-refractivity contribution in [2.24, 2.45) is 35.3 Å². The van der Waals surface area contributed by atoms with Gasteiger partial charge in [-0.15, -0.1) is 0 Å². The van der Waals surface area contributed by atoms with E-state index in [1.165, 1.54) is 32.1 Å². The molecular formula is C16H23NO. The molecule has 1 unspecified atom stereocenters. The van der Waals surface area contributed by atoms with Crippen molar-refractivity contribution in [3.63, 3.8) is 0 Å². The number of nitrogens with two attached hydrogens (primary N) is 1. The van der Waals surface area contributed by atoms with Gasteiger partial charge in [0.25, 0.3) is 0 Å². The molecule has 18 heavy (non-hydrogen) atoms. The fraction of sp³-hybridized carbons (Fsp3) is 0.750. The largest absolute Gasteiger partial charge is 0.468 e. The molecule has 0 saturated heterocycles. The first kappa shape index (κ1) is 11.1. The van der Waals surface area contributed by atoms with Gasteiger partial charge in [-0.2, -0.15) is 0 Å². The van der Waals surface area contributed by atoms with E-state index in [1.54, 1.807) is 6.26 Å². The highest BCUT2D eigenvalue weighted by atomic mass is 16.3. The summed E-state index contributed by atoms with van der Waals surface area (Å²) >= 11 is 0. The first-order chi connectivity index (χ1) is 8.79. The lowest BCUT2D eigenvalue weighted by atomic mass is 9.51. The average Bonchev–Trinajstić information content (AvgIpc) is 2.86. The van der Waals surface area contributed by atoms with E-state index in [4.69, 9.17) is 10.2 Å². The summed E-state index contributed by atoms with van der Waals surface area (Å²) in [7, 11) is 0. The van der Waals surface area contributed by atoms with Crippen LogP contribution in [0.3, 0.4) is 0 Å². The third kappa shape index (κ3) is 1.73. The Balaban J connectivity index is 1.49. The Hall–Kier alpha value is -0.760. The summed E-state index contributed by atoms with van der Waals surface area (Å²) < 4.78 is 5.46. The van der Waals surface area contributed by atoms with Crippen LogP contribution in [0, 0.1) is 29.6 Å². The molecule has 1 heterocycles. The van der Waals surface area contributed by atoms with E-state index in [9.17, 15) is 0 Å². The highest BCUT2D eigenvalue weighted by molar-refractivity contribution is 5.06. The molecule has 0 aliphatic heterocycles. The monoisotopic (exact) mass is 245 g/mol. The first-order valence-corrected chi connectivity index (χ1v) is 7.58. The van der Waals surface area contributed by atoms with Gasteiger partial charge in [-0.25, -0.2) is 0 Å². The van der Waals surface area contributed by atoms with Crippen molar-refractivity contribution in [2.75, 3.05) is 0 Å². The second kappa shape index (κ2) is 4.12. The maximum atomic E-state index is 6.33. The summed E-state index contributed by atoms with van der Waals surface area (Å²) in [6.45, 7) is 0. The summed E-state index contributed by atoms with van der Waals surface area (Å²) in [6.07, 6.45) is 10.4. The van der Waals surface area contributed by atoms with E-state index in [0.29, 0.717) is 0 Å². The van der Waals surface area contributed by atoms with Gasteiger partial charge in [0.15, 0.2) is 0 Å². The molecule has 2 N–H and O–H groups in total. The van der Waals surface area contributed by atoms with Gasteiger partial charge in [0.05, 0.1) is 12.3 Å². The molecule has 0 amide bonds. The molecule has 2 nitrogen and oxygen atoms in total. The molecular weight excluding hydrogens is 222 g/mol. The Bertz CT molecular complexity index is 383. The molecule has 4 saturated carbocycles. The Morgan fingerprint density at radius 3 is 2.33 bits per heavy atom. The highest BCUT2D eigenvalue weighted by Crippen LogP contribution is 2.58. The molecule has 4 aliphatic rings. The van der Waals surface area contributed by atoms with Gasteiger partial charge in [0, 0.05) is 0 Å². The smallest absolute Gasteiger partial charge is 0.120 e. The van der Waals surface area contributed by atoms with Crippen LogP contribution in [0.5, 0.6) is 0 Å². The van der Waals surface area contributed by atoms with Crippen molar-refractivity contribution < 1.29 is 4.42 Å². The third-order valence-electron chi connectivity index (χ3n) is 5.86. The number of furan rings is 1. The van der Waals surface area contributed by atoms with Crippen LogP contribution in [0.4, 0.5) is 0 Å². The van der Waals surface area contributed by atoms with Crippen LogP contribution in [0.15, 0.2) is 22.8 Å². The zero-order chi connectivity index (χ0) is 12.1. The zero-order valence-corrected chi connectivity index (χ0v) is 10.9. The molecule has 5 rings (SSSR count). The Morgan fingerprint density at radius 2 is 1.78 bits per heavy atom. The fourth-order valence-corrected chi connectivity index (χ4v) is 5.33. The minimum atomic E-state index is 0.113. The van der Waals surface area contributed by atoms with Gasteiger partial charge in [-0.05, 0) is 80.2 Å². The lowest BCUT2D eigenvalue weighted by molar-refractivity contribution is -0.0426. The molecule has 4 aliphatic carbocycles. The van der Waals surface area contributed by atoms with Crippen molar-refractivity contribution in [3.8, 4) is 0 Å². The van der Waals surface area contributed by atoms with Crippen molar-refractivity contribution >= 4 is 0 Å². The maximum absolute atomic E-state index is 6.33. The van der Waals surface area contributed by atoms with Gasteiger partial charge in [0.2, 0.25) is 0 Å². The Kier molecular flexibility index (Phi) is 2.54. The SMILES string of the molecule is NC(CC1C2CC3CC(C2)CC1C3)c1ccco1. The van der Waals surface area contributed by atoms with E-state index in [1.807, 2.05) is 12.1 Å². The van der Waals surface area contributed by atoms with Gasteiger partial charge >= 0.3 is 0 Å². The van der Waals surface area contributed by atoms with Gasteiger partial charge in [0.1, 0.15) is 5.76 Å². The minimum Gasteiger partial charge on any atom is -0.468 e. The van der Waals surface area contributed by atoms with E-state index in [2.05, 4.69) is 0 Å². The molecule has 1 atom stereocenters. The van der Waals surface area contributed by atoms with Crippen LogP contribution in [0.1, 0.15) is 50.3 Å². The zero-order valence-electron chi connectivity index (χ0n) is 10.9. The molecule has 0 spiro atoms. The summed E-state index contributed by atoms with van der Waals surface area (Å²) in [6, 6.07) is 4.09. The molecule has 4 bridgehead atoms. The quantitative estimate of drug-likeness (QED) is 0.881. The van der Waals surface area contributed by atoms with Crippen molar-refractivity contribution in [1.29, 1.82) is 0 Å². The van der Waals surface area contributed by atoms with Crippen LogP contribution in [0.2, 0.25) is 0 Å². The van der Waals surface area contributed by atoms with E-state index < -0.39 is 0 Å². The topological polar surface area (TPSA) is 39.2 Å². The second-order valence-corrected chi connectivity index (χ2v) is 6.95. The van der Waals surface area contributed by atoms with Crippen LogP contribution < -0.4 is 5.73 Å². The average molecular weight is 245 g/mol. The summed E-state index contributed by atoms with van der Waals surface area (Å²) in [5.41, 5.74) is 6.33. The lowest BCUT2D eigenvalue weighted by Crippen LogP contribution is -2.45. The van der Waals surface area contributed by atoms with E-state index in [0.717, 1.165) is 41.8 Å². The summed E-state index contributed by atoms with van der Waals surface area (Å²) in [4.78, 5) is 0. The highest BCUT2D eigenvalue weighted by Gasteiger charge is 2.48. The predicted molar refractivity (Wildman–Crippen MR) is 70.8 cm³/mol. The molecule has 2 heteroatoms. The Labute approximate surface area is 109 Å². The van der Waals surface area contributed by atoms with Gasteiger partial charge < -0.3 is 10.2 Å². The van der Waals surface area contributed by atoms with Gasteiger partial charge in [-0.1, -0.05) is 0 Å². The van der Waals surface area contributed by atoms with E-state index >= 15 is 0 Å². The molecule has 98 valence electrons. The van der Waals surface area contributed by atoms with Crippen molar-refractivity contribution in [1.82, 2.24) is 0 Å².